The summed E-state index contributed by atoms with van der Waals surface area (Å²) in [6, 6.07) is 7.09. The Morgan fingerprint density at radius 3 is 2.83 bits per heavy atom. The molecule has 0 aliphatic heterocycles. The summed E-state index contributed by atoms with van der Waals surface area (Å²) in [5.41, 5.74) is 8.27. The van der Waals surface area contributed by atoms with Gasteiger partial charge in [-0.25, -0.2) is 4.79 Å². The van der Waals surface area contributed by atoms with Gasteiger partial charge < -0.3 is 15.7 Å². The molecular weight excluding hydrogens is 248 g/mol. The molecule has 0 spiro atoms. The summed E-state index contributed by atoms with van der Waals surface area (Å²) in [4.78, 5) is 13.0. The molecule has 0 radical (unpaired) electrons. The molecule has 2 rings (SSSR count). The Hall–Kier alpha value is -2.01. The molecule has 1 aromatic heterocycles. The van der Waals surface area contributed by atoms with Crippen LogP contribution in [-0.2, 0) is 6.54 Å². The minimum Gasteiger partial charge on any atom is -0.478 e. The highest BCUT2D eigenvalue weighted by molar-refractivity contribution is 7.07. The number of para-hydroxylation sites is 1. The maximum atomic E-state index is 11.0. The van der Waals surface area contributed by atoms with Gasteiger partial charge in [0.2, 0.25) is 0 Å². The molecule has 0 bridgehead atoms. The van der Waals surface area contributed by atoms with Crippen molar-refractivity contribution in [1.82, 2.24) is 0 Å². The number of aromatic carboxylic acids is 1. The predicted octanol–water partition coefficient (Wildman–Crippen LogP) is 2.66. The predicted molar refractivity (Wildman–Crippen MR) is 74.2 cm³/mol. The highest BCUT2D eigenvalue weighted by atomic mass is 32.1. The minimum atomic E-state index is -1.00. The zero-order valence-corrected chi connectivity index (χ0v) is 10.8. The number of benzene rings is 1. The second-order valence-electron chi connectivity index (χ2n) is 4.03. The maximum Gasteiger partial charge on any atom is 0.337 e. The summed E-state index contributed by atoms with van der Waals surface area (Å²) in [7, 11) is 1.90. The lowest BCUT2D eigenvalue weighted by molar-refractivity contribution is 0.0698. The smallest absolute Gasteiger partial charge is 0.337 e. The topological polar surface area (TPSA) is 66.6 Å². The van der Waals surface area contributed by atoms with Crippen molar-refractivity contribution in [3.05, 3.63) is 46.2 Å². The van der Waals surface area contributed by atoms with E-state index >= 15 is 0 Å². The molecule has 0 fully saturated rings. The van der Waals surface area contributed by atoms with Gasteiger partial charge in [-0.15, -0.1) is 0 Å². The van der Waals surface area contributed by atoms with Gasteiger partial charge in [0.05, 0.1) is 16.9 Å². The van der Waals surface area contributed by atoms with Crippen LogP contribution in [0.25, 0.3) is 0 Å². The first-order valence-corrected chi connectivity index (χ1v) is 6.38. The number of anilines is 2. The number of carboxylic acid groups (broad SMARTS) is 1. The third-order valence-electron chi connectivity index (χ3n) is 2.72. The number of nitrogens with zero attached hydrogens (tertiary/aromatic N) is 1. The van der Waals surface area contributed by atoms with E-state index in [1.54, 1.807) is 17.4 Å². The van der Waals surface area contributed by atoms with E-state index < -0.39 is 5.97 Å². The van der Waals surface area contributed by atoms with Gasteiger partial charge in [-0.1, -0.05) is 6.07 Å². The van der Waals surface area contributed by atoms with Gasteiger partial charge in [-0.05, 0) is 34.5 Å². The Kier molecular flexibility index (Phi) is 3.53. The number of rotatable bonds is 4. The van der Waals surface area contributed by atoms with Crippen LogP contribution in [0.3, 0.4) is 0 Å². The number of hydrogen-bond donors (Lipinski definition) is 2. The third-order valence-corrected chi connectivity index (χ3v) is 3.46. The monoisotopic (exact) mass is 262 g/mol. The van der Waals surface area contributed by atoms with Crippen molar-refractivity contribution in [2.75, 3.05) is 17.7 Å². The van der Waals surface area contributed by atoms with Gasteiger partial charge in [-0.3, -0.25) is 0 Å². The summed E-state index contributed by atoms with van der Waals surface area (Å²) < 4.78 is 0. The number of nitrogens with two attached hydrogens (primary N) is 1. The SMILES string of the molecule is CN(Cc1ccsc1)c1cccc(C(=O)O)c1N. The first-order chi connectivity index (χ1) is 8.59. The zero-order valence-electron chi connectivity index (χ0n) is 9.96. The number of nitrogen functional groups attached to an aromatic ring is 1. The minimum absolute atomic E-state index is 0.143. The van der Waals surface area contributed by atoms with Crippen molar-refractivity contribution in [2.45, 2.75) is 6.54 Å². The van der Waals surface area contributed by atoms with Crippen LogP contribution < -0.4 is 10.6 Å². The van der Waals surface area contributed by atoms with Gasteiger partial charge in [-0.2, -0.15) is 11.3 Å². The number of carboxylic acids is 1. The van der Waals surface area contributed by atoms with E-state index in [4.69, 9.17) is 10.8 Å². The van der Waals surface area contributed by atoms with E-state index in [2.05, 4.69) is 5.38 Å². The summed E-state index contributed by atoms with van der Waals surface area (Å²) in [6.07, 6.45) is 0. The first kappa shape index (κ1) is 12.4. The molecule has 0 atom stereocenters. The van der Waals surface area contributed by atoms with Gasteiger partial charge in [0.1, 0.15) is 0 Å². The molecule has 0 saturated carbocycles. The van der Waals surface area contributed by atoms with E-state index in [9.17, 15) is 4.79 Å². The molecule has 2 aromatic rings. The van der Waals surface area contributed by atoms with Crippen molar-refractivity contribution < 1.29 is 9.90 Å². The standard InChI is InChI=1S/C13H14N2O2S/c1-15(7-9-5-6-18-8-9)11-4-2-3-10(12(11)14)13(16)17/h2-6,8H,7,14H2,1H3,(H,16,17). The molecule has 18 heavy (non-hydrogen) atoms. The van der Waals surface area contributed by atoms with Gasteiger partial charge in [0, 0.05) is 13.6 Å². The van der Waals surface area contributed by atoms with Crippen LogP contribution in [0.15, 0.2) is 35.0 Å². The Morgan fingerprint density at radius 2 is 2.22 bits per heavy atom. The summed E-state index contributed by atoms with van der Waals surface area (Å²) in [6.45, 7) is 0.705. The number of thiophene rings is 1. The fraction of sp³-hybridized carbons (Fsp3) is 0.154. The Labute approximate surface area is 109 Å². The van der Waals surface area contributed by atoms with Crippen LogP contribution in [0.2, 0.25) is 0 Å². The maximum absolute atomic E-state index is 11.0. The molecule has 3 N–H and O–H groups in total. The van der Waals surface area contributed by atoms with Crippen LogP contribution in [0.5, 0.6) is 0 Å². The fourth-order valence-electron chi connectivity index (χ4n) is 1.81. The lowest BCUT2D eigenvalue weighted by atomic mass is 10.1. The van der Waals surface area contributed by atoms with Gasteiger partial charge in [0.15, 0.2) is 0 Å². The summed E-state index contributed by atoms with van der Waals surface area (Å²) in [5.74, 6) is -1.00. The molecule has 1 aromatic carbocycles. The first-order valence-electron chi connectivity index (χ1n) is 5.43. The van der Waals surface area contributed by atoms with E-state index in [0.717, 1.165) is 5.69 Å². The molecule has 0 aliphatic carbocycles. The molecule has 0 unspecified atom stereocenters. The van der Waals surface area contributed by atoms with Gasteiger partial charge in [0.25, 0.3) is 0 Å². The molecule has 4 nitrogen and oxygen atoms in total. The molecule has 0 saturated heterocycles. The Morgan fingerprint density at radius 1 is 1.44 bits per heavy atom. The van der Waals surface area contributed by atoms with Crippen molar-refractivity contribution in [2.24, 2.45) is 0 Å². The molecule has 5 heteroatoms. The molecule has 94 valence electrons. The second kappa shape index (κ2) is 5.10. The largest absolute Gasteiger partial charge is 0.478 e. The van der Waals surface area contributed by atoms with Crippen molar-refractivity contribution in [1.29, 1.82) is 0 Å². The highest BCUT2D eigenvalue weighted by Crippen LogP contribution is 2.27. The van der Waals surface area contributed by atoms with Gasteiger partial charge >= 0.3 is 5.97 Å². The van der Waals surface area contributed by atoms with Crippen LogP contribution in [0.4, 0.5) is 11.4 Å². The Bertz CT molecular complexity index is 552. The molecule has 1 heterocycles. The summed E-state index contributed by atoms with van der Waals surface area (Å²) >= 11 is 1.64. The second-order valence-corrected chi connectivity index (χ2v) is 4.81. The van der Waals surface area contributed by atoms with Crippen molar-refractivity contribution >= 4 is 28.7 Å². The number of carbonyl (C=O) groups is 1. The fourth-order valence-corrected chi connectivity index (χ4v) is 2.47. The van der Waals surface area contributed by atoms with E-state index in [-0.39, 0.29) is 5.56 Å². The average molecular weight is 262 g/mol. The van der Waals surface area contributed by atoms with Crippen molar-refractivity contribution in [3.63, 3.8) is 0 Å². The van der Waals surface area contributed by atoms with Crippen LogP contribution in [-0.4, -0.2) is 18.1 Å². The van der Waals surface area contributed by atoms with E-state index in [1.165, 1.54) is 11.6 Å². The highest BCUT2D eigenvalue weighted by Gasteiger charge is 2.13. The van der Waals surface area contributed by atoms with Crippen molar-refractivity contribution in [3.8, 4) is 0 Å². The quantitative estimate of drug-likeness (QED) is 0.831. The third kappa shape index (κ3) is 2.46. The van der Waals surface area contributed by atoms with Crippen LogP contribution in [0, 0.1) is 0 Å². The number of hydrogen-bond acceptors (Lipinski definition) is 4. The molecule has 0 aliphatic rings. The van der Waals surface area contributed by atoms with Crippen LogP contribution in [0.1, 0.15) is 15.9 Å². The zero-order chi connectivity index (χ0) is 13.1. The lowest BCUT2D eigenvalue weighted by Gasteiger charge is -2.21. The van der Waals surface area contributed by atoms with Crippen LogP contribution >= 0.6 is 11.3 Å². The molecular formula is C13H14N2O2S. The summed E-state index contributed by atoms with van der Waals surface area (Å²) in [5, 5.41) is 13.1. The van der Waals surface area contributed by atoms with E-state index in [1.807, 2.05) is 29.5 Å². The average Bonchev–Trinajstić information content (AvgIpc) is 2.81. The molecule has 0 amide bonds. The normalized spacial score (nSPS) is 10.3. The van der Waals surface area contributed by atoms with E-state index in [0.29, 0.717) is 12.2 Å². The Balaban J connectivity index is 2.27. The lowest BCUT2D eigenvalue weighted by Crippen LogP contribution is -2.18.